The highest BCUT2D eigenvalue weighted by atomic mass is 32.1. The molecule has 0 aliphatic carbocycles. The summed E-state index contributed by atoms with van der Waals surface area (Å²) < 4.78 is 5.82. The minimum absolute atomic E-state index is 0.00410. The number of nitrogens with one attached hydrogen (secondary N) is 1. The van der Waals surface area contributed by atoms with Crippen LogP contribution in [0, 0.1) is 5.92 Å². The van der Waals surface area contributed by atoms with E-state index in [1.165, 1.54) is 11.3 Å². The molecule has 168 valence electrons. The van der Waals surface area contributed by atoms with Crippen LogP contribution in [-0.2, 0) is 16.1 Å². The SMILES string of the molecule is CC(C)CC(=O)Nc1ccc(N(C)C)c(CN(C[C@@H]2CCCO2)C(=O)c2cccs2)c1. The van der Waals surface area contributed by atoms with E-state index in [0.29, 0.717) is 25.4 Å². The van der Waals surface area contributed by atoms with Gasteiger partial charge in [0, 0.05) is 51.6 Å². The molecule has 0 bridgehead atoms. The van der Waals surface area contributed by atoms with Crippen LogP contribution in [0.15, 0.2) is 35.7 Å². The molecular formula is C24H33N3O3S. The molecule has 2 aromatic rings. The minimum atomic E-state index is 0.00410. The van der Waals surface area contributed by atoms with E-state index in [1.54, 1.807) is 0 Å². The maximum absolute atomic E-state index is 13.3. The van der Waals surface area contributed by atoms with Gasteiger partial charge in [-0.3, -0.25) is 9.59 Å². The topological polar surface area (TPSA) is 61.9 Å². The molecule has 0 saturated carbocycles. The van der Waals surface area contributed by atoms with Crippen molar-refractivity contribution >= 4 is 34.5 Å². The number of amides is 2. The Labute approximate surface area is 189 Å². The standard InChI is InChI=1S/C24H33N3O3S/c1-17(2)13-23(28)25-19-9-10-21(26(3)4)18(14-19)15-27(16-20-7-5-11-30-20)24(29)22-8-6-12-31-22/h6,8-10,12,14,17,20H,5,7,11,13,15-16H2,1-4H3,(H,25,28)/t20-/m0/s1. The van der Waals surface area contributed by atoms with E-state index in [4.69, 9.17) is 4.74 Å². The summed E-state index contributed by atoms with van der Waals surface area (Å²) in [4.78, 5) is 30.2. The molecule has 2 amide bonds. The summed E-state index contributed by atoms with van der Waals surface area (Å²) in [7, 11) is 3.97. The first-order valence-electron chi connectivity index (χ1n) is 10.9. The smallest absolute Gasteiger partial charge is 0.264 e. The van der Waals surface area contributed by atoms with Crippen LogP contribution in [0.4, 0.5) is 11.4 Å². The first kappa shape index (κ1) is 23.3. The maximum atomic E-state index is 13.3. The fourth-order valence-electron chi connectivity index (χ4n) is 3.82. The predicted octanol–water partition coefficient (Wildman–Crippen LogP) is 4.62. The summed E-state index contributed by atoms with van der Waals surface area (Å²) in [5.74, 6) is 0.319. The molecule has 0 radical (unpaired) electrons. The minimum Gasteiger partial charge on any atom is -0.377 e. The van der Waals surface area contributed by atoms with Gasteiger partial charge in [-0.2, -0.15) is 0 Å². The van der Waals surface area contributed by atoms with Gasteiger partial charge in [0.1, 0.15) is 0 Å². The molecular weight excluding hydrogens is 410 g/mol. The average Bonchev–Trinajstić information content (AvgIpc) is 3.40. The highest BCUT2D eigenvalue weighted by Gasteiger charge is 2.25. The van der Waals surface area contributed by atoms with Gasteiger partial charge in [0.25, 0.3) is 5.91 Å². The number of rotatable bonds is 9. The Morgan fingerprint density at radius 3 is 2.68 bits per heavy atom. The molecule has 1 aliphatic heterocycles. The van der Waals surface area contributed by atoms with Gasteiger partial charge in [0.2, 0.25) is 5.91 Å². The molecule has 7 heteroatoms. The van der Waals surface area contributed by atoms with Gasteiger partial charge in [-0.05, 0) is 54.0 Å². The van der Waals surface area contributed by atoms with E-state index in [0.717, 1.165) is 41.3 Å². The number of nitrogens with zero attached hydrogens (tertiary/aromatic N) is 2. The van der Waals surface area contributed by atoms with Crippen molar-refractivity contribution in [3.63, 3.8) is 0 Å². The average molecular weight is 444 g/mol. The van der Waals surface area contributed by atoms with Gasteiger partial charge in [-0.25, -0.2) is 0 Å². The number of thiophene rings is 1. The van der Waals surface area contributed by atoms with E-state index >= 15 is 0 Å². The lowest BCUT2D eigenvalue weighted by atomic mass is 10.1. The normalized spacial score (nSPS) is 15.8. The largest absolute Gasteiger partial charge is 0.377 e. The Kier molecular flexibility index (Phi) is 8.09. The molecule has 0 unspecified atom stereocenters. The third kappa shape index (κ3) is 6.55. The van der Waals surface area contributed by atoms with Crippen molar-refractivity contribution in [2.45, 2.75) is 45.8 Å². The fraction of sp³-hybridized carbons (Fsp3) is 0.500. The summed E-state index contributed by atoms with van der Waals surface area (Å²) in [6, 6.07) is 9.67. The molecule has 2 heterocycles. The van der Waals surface area contributed by atoms with Crippen LogP contribution in [0.2, 0.25) is 0 Å². The Balaban J connectivity index is 1.85. The van der Waals surface area contributed by atoms with Crippen molar-refractivity contribution in [3.8, 4) is 0 Å². The quantitative estimate of drug-likeness (QED) is 0.614. The van der Waals surface area contributed by atoms with Crippen molar-refractivity contribution in [2.24, 2.45) is 5.92 Å². The van der Waals surface area contributed by atoms with Crippen LogP contribution in [0.5, 0.6) is 0 Å². The molecule has 1 aromatic carbocycles. The van der Waals surface area contributed by atoms with Crippen LogP contribution in [0.3, 0.4) is 0 Å². The summed E-state index contributed by atoms with van der Waals surface area (Å²) in [5.41, 5.74) is 2.78. The van der Waals surface area contributed by atoms with Crippen LogP contribution >= 0.6 is 11.3 Å². The molecule has 0 spiro atoms. The number of anilines is 2. The Bertz CT molecular complexity index is 874. The maximum Gasteiger partial charge on any atom is 0.264 e. The second kappa shape index (κ2) is 10.8. The Hall–Kier alpha value is -2.38. The molecule has 1 atom stereocenters. The summed E-state index contributed by atoms with van der Waals surface area (Å²) in [5, 5.41) is 4.92. The zero-order valence-corrected chi connectivity index (χ0v) is 19.7. The Morgan fingerprint density at radius 1 is 1.26 bits per heavy atom. The third-order valence-electron chi connectivity index (χ3n) is 5.27. The van der Waals surface area contributed by atoms with Gasteiger partial charge in [-0.1, -0.05) is 19.9 Å². The molecule has 31 heavy (non-hydrogen) atoms. The first-order chi connectivity index (χ1) is 14.8. The van der Waals surface area contributed by atoms with Crippen molar-refractivity contribution < 1.29 is 14.3 Å². The van der Waals surface area contributed by atoms with Gasteiger partial charge >= 0.3 is 0 Å². The monoisotopic (exact) mass is 443 g/mol. The second-order valence-electron chi connectivity index (χ2n) is 8.68. The van der Waals surface area contributed by atoms with Crippen molar-refractivity contribution in [1.82, 2.24) is 4.90 Å². The number of hydrogen-bond acceptors (Lipinski definition) is 5. The van der Waals surface area contributed by atoms with E-state index in [9.17, 15) is 9.59 Å². The summed E-state index contributed by atoms with van der Waals surface area (Å²) >= 11 is 1.46. The van der Waals surface area contributed by atoms with E-state index < -0.39 is 0 Å². The number of hydrogen-bond donors (Lipinski definition) is 1. The van der Waals surface area contributed by atoms with E-state index in [-0.39, 0.29) is 17.9 Å². The van der Waals surface area contributed by atoms with Crippen molar-refractivity contribution in [1.29, 1.82) is 0 Å². The second-order valence-corrected chi connectivity index (χ2v) is 9.63. The Morgan fingerprint density at radius 2 is 2.06 bits per heavy atom. The highest BCUT2D eigenvalue weighted by Crippen LogP contribution is 2.27. The molecule has 3 rings (SSSR count). The molecule has 1 fully saturated rings. The van der Waals surface area contributed by atoms with E-state index in [1.807, 2.05) is 73.5 Å². The van der Waals surface area contributed by atoms with Crippen molar-refractivity contribution in [3.05, 3.63) is 46.2 Å². The predicted molar refractivity (Wildman–Crippen MR) is 127 cm³/mol. The highest BCUT2D eigenvalue weighted by molar-refractivity contribution is 7.12. The molecule has 1 N–H and O–H groups in total. The zero-order chi connectivity index (χ0) is 22.4. The van der Waals surface area contributed by atoms with Gasteiger partial charge in [0.05, 0.1) is 11.0 Å². The lowest BCUT2D eigenvalue weighted by Crippen LogP contribution is -2.37. The molecule has 1 saturated heterocycles. The molecule has 6 nitrogen and oxygen atoms in total. The number of carbonyl (C=O) groups excluding carboxylic acids is 2. The van der Waals surface area contributed by atoms with Crippen LogP contribution in [0.1, 0.15) is 48.3 Å². The third-order valence-corrected chi connectivity index (χ3v) is 6.12. The number of carbonyl (C=O) groups is 2. The summed E-state index contributed by atoms with van der Waals surface area (Å²) in [6.07, 6.45) is 2.56. The summed E-state index contributed by atoms with van der Waals surface area (Å²) in [6.45, 7) is 5.83. The number of ether oxygens (including phenoxy) is 1. The molecule has 1 aromatic heterocycles. The first-order valence-corrected chi connectivity index (χ1v) is 11.8. The zero-order valence-electron chi connectivity index (χ0n) is 18.9. The van der Waals surface area contributed by atoms with Crippen molar-refractivity contribution in [2.75, 3.05) is 37.5 Å². The lowest BCUT2D eigenvalue weighted by molar-refractivity contribution is -0.116. The van der Waals surface area contributed by atoms with Gasteiger partial charge < -0.3 is 19.9 Å². The van der Waals surface area contributed by atoms with Crippen LogP contribution < -0.4 is 10.2 Å². The molecule has 1 aliphatic rings. The van der Waals surface area contributed by atoms with Crippen LogP contribution in [-0.4, -0.2) is 50.1 Å². The van der Waals surface area contributed by atoms with Crippen LogP contribution in [0.25, 0.3) is 0 Å². The fourth-order valence-corrected chi connectivity index (χ4v) is 4.51. The van der Waals surface area contributed by atoms with Gasteiger partial charge in [-0.15, -0.1) is 11.3 Å². The number of benzene rings is 1. The van der Waals surface area contributed by atoms with Gasteiger partial charge in [0.15, 0.2) is 0 Å². The lowest BCUT2D eigenvalue weighted by Gasteiger charge is -2.28. The van der Waals surface area contributed by atoms with E-state index in [2.05, 4.69) is 5.32 Å².